The van der Waals surface area contributed by atoms with E-state index in [-0.39, 0.29) is 11.6 Å². The van der Waals surface area contributed by atoms with Gasteiger partial charge >= 0.3 is 6.09 Å². The summed E-state index contributed by atoms with van der Waals surface area (Å²) in [6.45, 7) is 13.1. The quantitative estimate of drug-likeness (QED) is 0.830. The fourth-order valence-electron chi connectivity index (χ4n) is 3.98. The Morgan fingerprint density at radius 1 is 1.00 bits per heavy atom. The number of amides is 1. The number of carbonyl (C=O) groups is 1. The Morgan fingerprint density at radius 2 is 1.62 bits per heavy atom. The summed E-state index contributed by atoms with van der Waals surface area (Å²) in [5.74, 6) is 0. The van der Waals surface area contributed by atoms with Crippen molar-refractivity contribution >= 4 is 6.09 Å². The van der Waals surface area contributed by atoms with Gasteiger partial charge < -0.3 is 9.64 Å². The highest BCUT2D eigenvalue weighted by molar-refractivity contribution is 5.67. The van der Waals surface area contributed by atoms with Crippen LogP contribution in [0.1, 0.15) is 39.2 Å². The highest BCUT2D eigenvalue weighted by Gasteiger charge is 2.32. The summed E-state index contributed by atoms with van der Waals surface area (Å²) in [6.07, 6.45) is 2.28. The minimum Gasteiger partial charge on any atom is -0.445 e. The minimum atomic E-state index is -0.184. The summed E-state index contributed by atoms with van der Waals surface area (Å²) in [6, 6.07) is 10.5. The van der Waals surface area contributed by atoms with Gasteiger partial charge in [0, 0.05) is 50.8 Å². The van der Waals surface area contributed by atoms with E-state index in [0.717, 1.165) is 31.7 Å². The topological polar surface area (TPSA) is 36.0 Å². The van der Waals surface area contributed by atoms with E-state index in [1.54, 1.807) is 0 Å². The number of likely N-dealkylation sites (tertiary alicyclic amines) is 1. The molecule has 0 radical (unpaired) electrons. The summed E-state index contributed by atoms with van der Waals surface area (Å²) in [4.78, 5) is 19.3. The molecular formula is C21H33N3O2. The second kappa shape index (κ2) is 8.40. The molecule has 5 heteroatoms. The largest absolute Gasteiger partial charge is 0.445 e. The molecule has 144 valence electrons. The minimum absolute atomic E-state index is 0.184. The lowest BCUT2D eigenvalue weighted by Gasteiger charge is -2.45. The normalized spacial score (nSPS) is 21.0. The maximum absolute atomic E-state index is 12.3. The third-order valence-electron chi connectivity index (χ3n) is 5.71. The summed E-state index contributed by atoms with van der Waals surface area (Å²) in [5.41, 5.74) is 1.30. The molecule has 2 saturated heterocycles. The van der Waals surface area contributed by atoms with Crippen molar-refractivity contribution < 1.29 is 9.53 Å². The molecule has 5 nitrogen and oxygen atoms in total. The zero-order chi connectivity index (χ0) is 18.6. The van der Waals surface area contributed by atoms with Gasteiger partial charge in [0.1, 0.15) is 6.61 Å². The predicted octanol–water partition coefficient (Wildman–Crippen LogP) is 3.20. The Morgan fingerprint density at radius 3 is 2.19 bits per heavy atom. The Hall–Kier alpha value is -1.59. The van der Waals surface area contributed by atoms with Crippen molar-refractivity contribution in [2.24, 2.45) is 0 Å². The van der Waals surface area contributed by atoms with Gasteiger partial charge in [0.2, 0.25) is 0 Å². The molecule has 2 fully saturated rings. The number of ether oxygens (including phenoxy) is 1. The van der Waals surface area contributed by atoms with Crippen LogP contribution in [0.4, 0.5) is 4.79 Å². The van der Waals surface area contributed by atoms with Gasteiger partial charge in [-0.3, -0.25) is 9.80 Å². The average molecular weight is 360 g/mol. The highest BCUT2D eigenvalue weighted by Crippen LogP contribution is 2.24. The van der Waals surface area contributed by atoms with Gasteiger partial charge in [0.05, 0.1) is 0 Å². The lowest BCUT2D eigenvalue weighted by molar-refractivity contribution is 0.0265. The van der Waals surface area contributed by atoms with E-state index in [0.29, 0.717) is 12.6 Å². The molecule has 0 unspecified atom stereocenters. The summed E-state index contributed by atoms with van der Waals surface area (Å²) < 4.78 is 5.46. The van der Waals surface area contributed by atoms with Crippen molar-refractivity contribution in [2.45, 2.75) is 51.8 Å². The van der Waals surface area contributed by atoms with Crippen LogP contribution in [0.2, 0.25) is 0 Å². The van der Waals surface area contributed by atoms with E-state index < -0.39 is 0 Å². The number of nitrogens with zero attached hydrogens (tertiary/aromatic N) is 3. The van der Waals surface area contributed by atoms with Gasteiger partial charge in [0.25, 0.3) is 0 Å². The number of hydrogen-bond donors (Lipinski definition) is 0. The Balaban J connectivity index is 1.39. The molecule has 26 heavy (non-hydrogen) atoms. The first-order valence-corrected chi connectivity index (χ1v) is 9.88. The number of hydrogen-bond acceptors (Lipinski definition) is 4. The van der Waals surface area contributed by atoms with Gasteiger partial charge in [-0.2, -0.15) is 0 Å². The van der Waals surface area contributed by atoms with Crippen molar-refractivity contribution in [3.63, 3.8) is 0 Å². The highest BCUT2D eigenvalue weighted by atomic mass is 16.6. The van der Waals surface area contributed by atoms with Crippen LogP contribution in [-0.4, -0.2) is 71.6 Å². The third kappa shape index (κ3) is 4.98. The van der Waals surface area contributed by atoms with Crippen LogP contribution in [-0.2, 0) is 11.3 Å². The Bertz CT molecular complexity index is 569. The molecule has 0 saturated carbocycles. The first kappa shape index (κ1) is 19.2. The Kier molecular flexibility index (Phi) is 6.20. The molecule has 2 aliphatic heterocycles. The zero-order valence-corrected chi connectivity index (χ0v) is 16.5. The van der Waals surface area contributed by atoms with Gasteiger partial charge in [-0.1, -0.05) is 30.3 Å². The van der Waals surface area contributed by atoms with Crippen molar-refractivity contribution in [3.05, 3.63) is 35.9 Å². The van der Waals surface area contributed by atoms with Gasteiger partial charge in [-0.15, -0.1) is 0 Å². The number of rotatable bonds is 3. The smallest absolute Gasteiger partial charge is 0.410 e. The molecule has 2 heterocycles. The third-order valence-corrected chi connectivity index (χ3v) is 5.71. The van der Waals surface area contributed by atoms with Crippen LogP contribution < -0.4 is 0 Å². The molecule has 3 rings (SSSR count). The van der Waals surface area contributed by atoms with Crippen LogP contribution >= 0.6 is 0 Å². The van der Waals surface area contributed by atoms with Gasteiger partial charge in [0.15, 0.2) is 0 Å². The summed E-state index contributed by atoms with van der Waals surface area (Å²) in [7, 11) is 0. The van der Waals surface area contributed by atoms with Crippen LogP contribution in [0.3, 0.4) is 0 Å². The first-order chi connectivity index (χ1) is 12.4. The van der Waals surface area contributed by atoms with Gasteiger partial charge in [-0.25, -0.2) is 4.79 Å². The van der Waals surface area contributed by atoms with E-state index in [2.05, 4.69) is 30.6 Å². The second-order valence-corrected chi connectivity index (χ2v) is 8.45. The number of piperidine rings is 1. The monoisotopic (exact) mass is 359 g/mol. The lowest BCUT2D eigenvalue weighted by atomic mass is 9.96. The SMILES string of the molecule is CC(C)(C)N1CCC(N2CCN(C(=O)OCc3ccccc3)CC2)CC1. The van der Waals surface area contributed by atoms with Crippen LogP contribution in [0.25, 0.3) is 0 Å². The zero-order valence-electron chi connectivity index (χ0n) is 16.5. The molecule has 0 aliphatic carbocycles. The van der Waals surface area contributed by atoms with E-state index >= 15 is 0 Å². The van der Waals surface area contributed by atoms with Crippen LogP contribution in [0.15, 0.2) is 30.3 Å². The summed E-state index contributed by atoms with van der Waals surface area (Å²) in [5, 5.41) is 0. The average Bonchev–Trinajstić information content (AvgIpc) is 2.66. The van der Waals surface area contributed by atoms with Crippen LogP contribution in [0.5, 0.6) is 0 Å². The maximum Gasteiger partial charge on any atom is 0.410 e. The van der Waals surface area contributed by atoms with E-state index in [1.165, 1.54) is 25.9 Å². The number of benzene rings is 1. The van der Waals surface area contributed by atoms with Crippen molar-refractivity contribution in [2.75, 3.05) is 39.3 Å². The fourth-order valence-corrected chi connectivity index (χ4v) is 3.98. The molecule has 0 bridgehead atoms. The molecule has 2 aliphatic rings. The van der Waals surface area contributed by atoms with E-state index in [1.807, 2.05) is 35.2 Å². The van der Waals surface area contributed by atoms with E-state index in [9.17, 15) is 4.79 Å². The first-order valence-electron chi connectivity index (χ1n) is 9.88. The van der Waals surface area contributed by atoms with Crippen LogP contribution in [0, 0.1) is 0 Å². The molecule has 1 amide bonds. The second-order valence-electron chi connectivity index (χ2n) is 8.45. The summed E-state index contributed by atoms with van der Waals surface area (Å²) >= 11 is 0. The maximum atomic E-state index is 12.3. The molecule has 0 atom stereocenters. The van der Waals surface area contributed by atoms with Crippen molar-refractivity contribution in [3.8, 4) is 0 Å². The fraction of sp³-hybridized carbons (Fsp3) is 0.667. The van der Waals surface area contributed by atoms with Gasteiger partial charge in [-0.05, 0) is 39.2 Å². The predicted molar refractivity (Wildman–Crippen MR) is 104 cm³/mol. The molecule has 0 aromatic heterocycles. The van der Waals surface area contributed by atoms with Crippen molar-refractivity contribution in [1.82, 2.24) is 14.7 Å². The molecule has 0 spiro atoms. The standard InChI is InChI=1S/C21H33N3O2/c1-21(2,3)24-11-9-19(10-12-24)22-13-15-23(16-14-22)20(25)26-17-18-7-5-4-6-8-18/h4-8,19H,9-17H2,1-3H3. The van der Waals surface area contributed by atoms with Crippen molar-refractivity contribution in [1.29, 1.82) is 0 Å². The lowest BCUT2D eigenvalue weighted by Crippen LogP contribution is -2.56. The molecule has 1 aromatic rings. The molecule has 0 N–H and O–H groups in total. The van der Waals surface area contributed by atoms with E-state index in [4.69, 9.17) is 4.74 Å². The number of piperazine rings is 1. The molecule has 1 aromatic carbocycles. The number of carbonyl (C=O) groups excluding carboxylic acids is 1. The molecular weight excluding hydrogens is 326 g/mol. The Labute approximate surface area is 157 Å².